The van der Waals surface area contributed by atoms with Gasteiger partial charge in [-0.05, 0) is 61.2 Å². The summed E-state index contributed by atoms with van der Waals surface area (Å²) in [7, 11) is 0. The summed E-state index contributed by atoms with van der Waals surface area (Å²) in [5.74, 6) is 0.881. The summed E-state index contributed by atoms with van der Waals surface area (Å²) < 4.78 is 42.6. The monoisotopic (exact) mass is 631 g/mol. The van der Waals surface area contributed by atoms with Gasteiger partial charge in [-0.1, -0.05) is 61.2 Å². The lowest BCUT2D eigenvalue weighted by Crippen LogP contribution is -2.42. The molecule has 0 saturated carbocycles. The van der Waals surface area contributed by atoms with Crippen molar-refractivity contribution < 1.29 is 22.7 Å². The van der Waals surface area contributed by atoms with E-state index in [0.717, 1.165) is 24.3 Å². The first-order valence-corrected chi connectivity index (χ1v) is 15.0. The Morgan fingerprint density at radius 3 is 2.58 bits per heavy atom. The van der Waals surface area contributed by atoms with Crippen LogP contribution < -0.4 is 15.0 Å². The predicted molar refractivity (Wildman–Crippen MR) is 168 cm³/mol. The van der Waals surface area contributed by atoms with Crippen molar-refractivity contribution in [2.45, 2.75) is 39.1 Å². The minimum Gasteiger partial charge on any atom is -0.406 e. The molecule has 1 N–H and O–H groups in total. The highest BCUT2D eigenvalue weighted by molar-refractivity contribution is 8.14. The molecule has 0 radical (unpaired) electrons. The number of nitriles is 1. The van der Waals surface area contributed by atoms with E-state index in [1.165, 1.54) is 58.8 Å². The highest BCUT2D eigenvalue weighted by Crippen LogP contribution is 2.32. The molecule has 1 atom stereocenters. The van der Waals surface area contributed by atoms with E-state index in [9.17, 15) is 23.2 Å². The van der Waals surface area contributed by atoms with E-state index >= 15 is 0 Å². The van der Waals surface area contributed by atoms with E-state index in [4.69, 9.17) is 0 Å². The average molecular weight is 632 g/mol. The quantitative estimate of drug-likeness (QED) is 0.212. The number of aromatic nitrogens is 3. The van der Waals surface area contributed by atoms with Crippen LogP contribution in [-0.4, -0.2) is 44.1 Å². The SMILES string of the molecule is CCc1ccccc1N1/C(=N/C(=O)N/C=C(\C#N)c2ccc(-c3ncn(-c4ccc(OC(F)(F)F)cc4)n3)cc2)SCCC1C. The molecular formula is C32H28F3N7O2S. The molecule has 3 aromatic carbocycles. The maximum Gasteiger partial charge on any atom is 0.573 e. The van der Waals surface area contributed by atoms with E-state index in [1.807, 2.05) is 18.2 Å². The molecule has 13 heteroatoms. The maximum atomic E-state index is 12.9. The maximum absolute atomic E-state index is 12.9. The molecule has 4 aromatic rings. The summed E-state index contributed by atoms with van der Waals surface area (Å²) in [6.45, 7) is 4.21. The van der Waals surface area contributed by atoms with Crippen LogP contribution in [0.2, 0.25) is 0 Å². The van der Waals surface area contributed by atoms with Crippen LogP contribution in [0.5, 0.6) is 5.75 Å². The number of alkyl halides is 3. The zero-order valence-electron chi connectivity index (χ0n) is 24.3. The number of allylic oxidation sites excluding steroid dienone is 1. The molecule has 2 amide bonds. The topological polar surface area (TPSA) is 108 Å². The number of carbonyl (C=O) groups is 1. The molecule has 1 unspecified atom stereocenters. The first-order chi connectivity index (χ1) is 21.6. The standard InChI is InChI=1S/C32H28F3N7O2S/c1-3-22-6-4-5-7-28(22)42-21(2)16-17-45-31(42)39-30(43)37-19-25(18-36)23-8-10-24(11-9-23)29-38-20-41(40-29)26-12-14-27(15-13-26)44-32(33,34)35/h4-15,19-21H,3,16-17H2,1-2H3,(H,37,43)/b25-19+,39-31-. The zero-order valence-corrected chi connectivity index (χ0v) is 25.1. The average Bonchev–Trinajstić information content (AvgIpc) is 3.52. The van der Waals surface area contributed by atoms with Gasteiger partial charge in [0, 0.05) is 29.2 Å². The molecule has 1 aromatic heterocycles. The summed E-state index contributed by atoms with van der Waals surface area (Å²) in [5, 5.41) is 17.4. The van der Waals surface area contributed by atoms with E-state index < -0.39 is 12.4 Å². The number of thioether (sulfide) groups is 1. The number of para-hydroxylation sites is 1. The molecule has 1 saturated heterocycles. The number of amides is 2. The van der Waals surface area contributed by atoms with Crippen molar-refractivity contribution in [3.05, 3.63) is 96.5 Å². The Balaban J connectivity index is 1.27. The van der Waals surface area contributed by atoms with Crippen molar-refractivity contribution in [3.63, 3.8) is 0 Å². The minimum absolute atomic E-state index is 0.175. The Hall–Kier alpha value is -5.09. The fourth-order valence-electron chi connectivity index (χ4n) is 4.73. The fourth-order valence-corrected chi connectivity index (χ4v) is 5.94. The number of nitrogens with zero attached hydrogens (tertiary/aromatic N) is 6. The van der Waals surface area contributed by atoms with Crippen molar-refractivity contribution in [3.8, 4) is 28.9 Å². The second kappa shape index (κ2) is 13.7. The molecular weight excluding hydrogens is 603 g/mol. The number of urea groups is 1. The lowest BCUT2D eigenvalue weighted by Gasteiger charge is -2.36. The smallest absolute Gasteiger partial charge is 0.406 e. The van der Waals surface area contributed by atoms with Gasteiger partial charge >= 0.3 is 12.4 Å². The number of amidine groups is 1. The number of halogens is 3. The lowest BCUT2D eigenvalue weighted by molar-refractivity contribution is -0.274. The first kappa shape index (κ1) is 31.3. The van der Waals surface area contributed by atoms with Crippen LogP contribution in [0.1, 0.15) is 31.4 Å². The van der Waals surface area contributed by atoms with Gasteiger partial charge < -0.3 is 15.0 Å². The number of ether oxygens (including phenoxy) is 1. The van der Waals surface area contributed by atoms with Crippen LogP contribution in [0.15, 0.2) is 90.3 Å². The van der Waals surface area contributed by atoms with Crippen molar-refractivity contribution in [2.75, 3.05) is 10.7 Å². The summed E-state index contributed by atoms with van der Waals surface area (Å²) in [4.78, 5) is 23.6. The number of aliphatic imine (C=N–C) groups is 1. The number of hydrogen-bond donors (Lipinski definition) is 1. The van der Waals surface area contributed by atoms with E-state index in [-0.39, 0.29) is 17.4 Å². The molecule has 45 heavy (non-hydrogen) atoms. The van der Waals surface area contributed by atoms with Gasteiger partial charge in [-0.25, -0.2) is 14.5 Å². The first-order valence-electron chi connectivity index (χ1n) is 14.0. The van der Waals surface area contributed by atoms with Crippen molar-refractivity contribution >= 4 is 34.2 Å². The highest BCUT2D eigenvalue weighted by Gasteiger charge is 2.31. The van der Waals surface area contributed by atoms with E-state index in [1.54, 1.807) is 24.3 Å². The third kappa shape index (κ3) is 7.71. The van der Waals surface area contributed by atoms with Gasteiger partial charge in [-0.15, -0.1) is 18.3 Å². The normalized spacial score (nSPS) is 16.4. The number of rotatable bonds is 7. The lowest BCUT2D eigenvalue weighted by atomic mass is 10.1. The molecule has 1 aliphatic rings. The third-order valence-electron chi connectivity index (χ3n) is 6.98. The van der Waals surface area contributed by atoms with Gasteiger partial charge in [0.1, 0.15) is 18.1 Å². The molecule has 9 nitrogen and oxygen atoms in total. The summed E-state index contributed by atoms with van der Waals surface area (Å²) >= 11 is 1.53. The van der Waals surface area contributed by atoms with Crippen LogP contribution in [0.3, 0.4) is 0 Å². The molecule has 5 rings (SSSR count). The van der Waals surface area contributed by atoms with Gasteiger partial charge in [0.05, 0.1) is 11.3 Å². The molecule has 0 bridgehead atoms. The van der Waals surface area contributed by atoms with Crippen LogP contribution in [-0.2, 0) is 6.42 Å². The highest BCUT2D eigenvalue weighted by atomic mass is 32.2. The van der Waals surface area contributed by atoms with Crippen molar-refractivity contribution in [1.29, 1.82) is 5.26 Å². The molecule has 1 aliphatic heterocycles. The summed E-state index contributed by atoms with van der Waals surface area (Å²) in [6.07, 6.45) is -0.186. The number of nitrogens with one attached hydrogen (secondary N) is 1. The summed E-state index contributed by atoms with van der Waals surface area (Å²) in [5.41, 5.74) is 4.14. The number of anilines is 1. The second-order valence-electron chi connectivity index (χ2n) is 9.98. The Kier molecular flexibility index (Phi) is 9.53. The van der Waals surface area contributed by atoms with Crippen LogP contribution in [0.4, 0.5) is 23.7 Å². The second-order valence-corrected chi connectivity index (χ2v) is 11.0. The minimum atomic E-state index is -4.77. The van der Waals surface area contributed by atoms with Crippen molar-refractivity contribution in [2.24, 2.45) is 4.99 Å². The Morgan fingerprint density at radius 2 is 1.89 bits per heavy atom. The molecule has 0 spiro atoms. The summed E-state index contributed by atoms with van der Waals surface area (Å²) in [6, 6.07) is 21.9. The number of hydrogen-bond acceptors (Lipinski definition) is 6. The molecule has 0 aliphatic carbocycles. The Morgan fingerprint density at radius 1 is 1.16 bits per heavy atom. The van der Waals surface area contributed by atoms with Crippen molar-refractivity contribution in [1.82, 2.24) is 20.1 Å². The van der Waals surface area contributed by atoms with Crippen LogP contribution in [0.25, 0.3) is 22.6 Å². The Bertz CT molecular complexity index is 1760. The molecule has 2 heterocycles. The van der Waals surface area contributed by atoms with Gasteiger partial charge in [0.2, 0.25) is 0 Å². The zero-order chi connectivity index (χ0) is 32.0. The largest absolute Gasteiger partial charge is 0.573 e. The third-order valence-corrected chi connectivity index (χ3v) is 7.97. The van der Waals surface area contributed by atoms with Crippen LogP contribution >= 0.6 is 11.8 Å². The van der Waals surface area contributed by atoms with E-state index in [2.05, 4.69) is 56.0 Å². The number of carbonyl (C=O) groups excluding carboxylic acids is 1. The van der Waals surface area contributed by atoms with Crippen LogP contribution in [0, 0.1) is 11.3 Å². The van der Waals surface area contributed by atoms with Gasteiger partial charge in [-0.3, -0.25) is 0 Å². The molecule has 1 fully saturated rings. The van der Waals surface area contributed by atoms with E-state index in [0.29, 0.717) is 27.8 Å². The molecule has 230 valence electrons. The van der Waals surface area contributed by atoms with Gasteiger partial charge in [0.25, 0.3) is 0 Å². The number of aryl methyl sites for hydroxylation is 1. The fraction of sp³-hybridized carbons (Fsp3) is 0.219. The van der Waals surface area contributed by atoms with Gasteiger partial charge in [0.15, 0.2) is 11.0 Å². The number of benzene rings is 3. The Labute approximate surface area is 262 Å². The predicted octanol–water partition coefficient (Wildman–Crippen LogP) is 7.36. The van der Waals surface area contributed by atoms with Gasteiger partial charge in [-0.2, -0.15) is 10.3 Å².